The number of hydrogen-bond donors (Lipinski definition) is 2. The zero-order valence-corrected chi connectivity index (χ0v) is 12.1. The zero-order valence-electron chi connectivity index (χ0n) is 11.3. The van der Waals surface area contributed by atoms with Gasteiger partial charge in [-0.3, -0.25) is 10.1 Å². The van der Waals surface area contributed by atoms with E-state index in [1.54, 1.807) is 18.3 Å². The van der Waals surface area contributed by atoms with E-state index < -0.39 is 11.5 Å². The van der Waals surface area contributed by atoms with Crippen LogP contribution in [0.3, 0.4) is 0 Å². The third kappa shape index (κ3) is 2.96. The molecule has 0 aliphatic carbocycles. The van der Waals surface area contributed by atoms with E-state index in [-0.39, 0.29) is 0 Å². The predicted octanol–water partition coefficient (Wildman–Crippen LogP) is 3.63. The molecule has 1 atom stereocenters. The monoisotopic (exact) mass is 277 g/mol. The molecule has 1 aromatic carbocycles. The molecule has 0 aliphatic heterocycles. The van der Waals surface area contributed by atoms with Crippen LogP contribution < -0.4 is 5.32 Å². The molecule has 2 rings (SSSR count). The number of carbonyl (C=O) groups is 1. The SMILES string of the molecule is CCCC(C)(NCc1csc2ccccc12)C(=O)O. The summed E-state index contributed by atoms with van der Waals surface area (Å²) in [6.07, 6.45) is 1.48. The van der Waals surface area contributed by atoms with Crippen LogP contribution in [0.1, 0.15) is 32.3 Å². The van der Waals surface area contributed by atoms with Crippen LogP contribution in [0.2, 0.25) is 0 Å². The first kappa shape index (κ1) is 14.0. The molecular formula is C15H19NO2S. The van der Waals surface area contributed by atoms with Gasteiger partial charge in [-0.2, -0.15) is 0 Å². The van der Waals surface area contributed by atoms with E-state index in [2.05, 4.69) is 22.8 Å². The van der Waals surface area contributed by atoms with Crippen molar-refractivity contribution in [3.8, 4) is 0 Å². The highest BCUT2D eigenvalue weighted by Crippen LogP contribution is 2.26. The Kier molecular flexibility index (Phi) is 4.22. The van der Waals surface area contributed by atoms with Crippen LogP contribution in [0.15, 0.2) is 29.6 Å². The Labute approximate surface area is 117 Å². The van der Waals surface area contributed by atoms with E-state index in [1.807, 2.05) is 19.1 Å². The molecule has 19 heavy (non-hydrogen) atoms. The van der Waals surface area contributed by atoms with Crippen LogP contribution in [0.5, 0.6) is 0 Å². The van der Waals surface area contributed by atoms with Crippen molar-refractivity contribution in [2.24, 2.45) is 0 Å². The fraction of sp³-hybridized carbons (Fsp3) is 0.400. The predicted molar refractivity (Wildman–Crippen MR) is 79.6 cm³/mol. The highest BCUT2D eigenvalue weighted by Gasteiger charge is 2.31. The second-order valence-electron chi connectivity index (χ2n) is 5.00. The Bertz CT molecular complexity index is 578. The van der Waals surface area contributed by atoms with E-state index in [4.69, 9.17) is 0 Å². The summed E-state index contributed by atoms with van der Waals surface area (Å²) in [4.78, 5) is 11.4. The summed E-state index contributed by atoms with van der Waals surface area (Å²) >= 11 is 1.70. The summed E-state index contributed by atoms with van der Waals surface area (Å²) in [7, 11) is 0. The Morgan fingerprint density at radius 3 is 2.84 bits per heavy atom. The molecule has 0 saturated heterocycles. The Hall–Kier alpha value is -1.39. The Balaban J connectivity index is 2.15. The van der Waals surface area contributed by atoms with Crippen LogP contribution in [0.25, 0.3) is 10.1 Å². The smallest absolute Gasteiger partial charge is 0.323 e. The normalized spacial score (nSPS) is 14.4. The van der Waals surface area contributed by atoms with E-state index in [0.29, 0.717) is 13.0 Å². The molecular weight excluding hydrogens is 258 g/mol. The van der Waals surface area contributed by atoms with E-state index in [9.17, 15) is 9.90 Å². The fourth-order valence-electron chi connectivity index (χ4n) is 2.23. The average molecular weight is 277 g/mol. The minimum absolute atomic E-state index is 0.590. The molecule has 2 aromatic rings. The second-order valence-corrected chi connectivity index (χ2v) is 5.91. The Morgan fingerprint density at radius 2 is 2.16 bits per heavy atom. The maximum absolute atomic E-state index is 11.4. The summed E-state index contributed by atoms with van der Waals surface area (Å²) in [6.45, 7) is 4.35. The maximum Gasteiger partial charge on any atom is 0.323 e. The van der Waals surface area contributed by atoms with Gasteiger partial charge < -0.3 is 5.11 Å². The van der Waals surface area contributed by atoms with Gasteiger partial charge in [-0.25, -0.2) is 0 Å². The van der Waals surface area contributed by atoms with Crippen molar-refractivity contribution in [2.45, 2.75) is 38.8 Å². The lowest BCUT2D eigenvalue weighted by Crippen LogP contribution is -2.48. The minimum atomic E-state index is -0.849. The van der Waals surface area contributed by atoms with Crippen molar-refractivity contribution in [3.63, 3.8) is 0 Å². The molecule has 1 unspecified atom stereocenters. The first-order valence-electron chi connectivity index (χ1n) is 6.50. The van der Waals surface area contributed by atoms with Crippen LogP contribution in [-0.4, -0.2) is 16.6 Å². The molecule has 1 aromatic heterocycles. The van der Waals surface area contributed by atoms with Gasteiger partial charge in [0.25, 0.3) is 0 Å². The number of fused-ring (bicyclic) bond motifs is 1. The van der Waals surface area contributed by atoms with Crippen molar-refractivity contribution in [1.82, 2.24) is 5.32 Å². The quantitative estimate of drug-likeness (QED) is 0.847. The van der Waals surface area contributed by atoms with Gasteiger partial charge in [0.2, 0.25) is 0 Å². The van der Waals surface area contributed by atoms with Crippen molar-refractivity contribution < 1.29 is 9.90 Å². The number of carboxylic acids is 1. The van der Waals surface area contributed by atoms with Gasteiger partial charge in [0.15, 0.2) is 0 Å². The van der Waals surface area contributed by atoms with E-state index in [0.717, 1.165) is 6.42 Å². The highest BCUT2D eigenvalue weighted by atomic mass is 32.1. The number of hydrogen-bond acceptors (Lipinski definition) is 3. The molecule has 0 amide bonds. The van der Waals surface area contributed by atoms with Gasteiger partial charge in [-0.1, -0.05) is 31.5 Å². The largest absolute Gasteiger partial charge is 0.480 e. The van der Waals surface area contributed by atoms with E-state index >= 15 is 0 Å². The molecule has 0 radical (unpaired) electrons. The van der Waals surface area contributed by atoms with E-state index in [1.165, 1.54) is 15.6 Å². The van der Waals surface area contributed by atoms with Crippen molar-refractivity contribution in [1.29, 1.82) is 0 Å². The van der Waals surface area contributed by atoms with Crippen LogP contribution in [0, 0.1) is 0 Å². The molecule has 0 aliphatic rings. The van der Waals surface area contributed by atoms with Crippen LogP contribution in [-0.2, 0) is 11.3 Å². The number of benzene rings is 1. The fourth-order valence-corrected chi connectivity index (χ4v) is 3.19. The molecule has 0 saturated carbocycles. The summed E-state index contributed by atoms with van der Waals surface area (Å²) in [5, 5.41) is 15.9. The molecule has 1 heterocycles. The van der Waals surface area contributed by atoms with Crippen molar-refractivity contribution in [3.05, 3.63) is 35.2 Å². The van der Waals surface area contributed by atoms with Crippen LogP contribution >= 0.6 is 11.3 Å². The summed E-state index contributed by atoms with van der Waals surface area (Å²) in [6, 6.07) is 8.21. The molecule has 2 N–H and O–H groups in total. The average Bonchev–Trinajstić information content (AvgIpc) is 2.80. The van der Waals surface area contributed by atoms with Gasteiger partial charge in [-0.05, 0) is 35.7 Å². The highest BCUT2D eigenvalue weighted by molar-refractivity contribution is 7.17. The number of rotatable bonds is 6. The maximum atomic E-state index is 11.4. The summed E-state index contributed by atoms with van der Waals surface area (Å²) in [5.74, 6) is -0.783. The molecule has 3 nitrogen and oxygen atoms in total. The number of aliphatic carboxylic acids is 1. The van der Waals surface area contributed by atoms with Crippen molar-refractivity contribution >= 4 is 27.4 Å². The lowest BCUT2D eigenvalue weighted by Gasteiger charge is -2.25. The lowest BCUT2D eigenvalue weighted by atomic mass is 9.96. The van der Waals surface area contributed by atoms with Gasteiger partial charge >= 0.3 is 5.97 Å². The topological polar surface area (TPSA) is 49.3 Å². The summed E-state index contributed by atoms with van der Waals surface area (Å²) < 4.78 is 1.24. The molecule has 102 valence electrons. The van der Waals surface area contributed by atoms with Gasteiger partial charge in [0.05, 0.1) is 0 Å². The molecule has 0 spiro atoms. The Morgan fingerprint density at radius 1 is 1.42 bits per heavy atom. The second kappa shape index (κ2) is 5.72. The number of thiophene rings is 1. The summed E-state index contributed by atoms with van der Waals surface area (Å²) in [5.41, 5.74) is 0.321. The standard InChI is InChI=1S/C15H19NO2S/c1-3-8-15(2,14(17)18)16-9-11-10-19-13-7-5-4-6-12(11)13/h4-7,10,16H,3,8-9H2,1-2H3,(H,17,18). The first-order valence-corrected chi connectivity index (χ1v) is 7.38. The molecule has 0 fully saturated rings. The first-order chi connectivity index (χ1) is 9.07. The lowest BCUT2D eigenvalue weighted by molar-refractivity contribution is -0.144. The number of nitrogens with one attached hydrogen (secondary N) is 1. The third-order valence-electron chi connectivity index (χ3n) is 3.45. The minimum Gasteiger partial charge on any atom is -0.480 e. The zero-order chi connectivity index (χ0) is 13.9. The van der Waals surface area contributed by atoms with Gasteiger partial charge in [0, 0.05) is 11.2 Å². The van der Waals surface area contributed by atoms with Gasteiger partial charge in [-0.15, -0.1) is 11.3 Å². The molecule has 4 heteroatoms. The number of carboxylic acid groups (broad SMARTS) is 1. The van der Waals surface area contributed by atoms with Gasteiger partial charge in [0.1, 0.15) is 5.54 Å². The van der Waals surface area contributed by atoms with Crippen LogP contribution in [0.4, 0.5) is 0 Å². The molecule has 0 bridgehead atoms. The third-order valence-corrected chi connectivity index (χ3v) is 4.46. The van der Waals surface area contributed by atoms with Crippen molar-refractivity contribution in [2.75, 3.05) is 0 Å².